The number of para-hydroxylation sites is 1. The molecule has 25 heavy (non-hydrogen) atoms. The van der Waals surface area contributed by atoms with Crippen molar-refractivity contribution < 1.29 is 9.59 Å². The van der Waals surface area contributed by atoms with Crippen LogP contribution in [0, 0.1) is 6.92 Å². The number of thioether (sulfide) groups is 2. The highest BCUT2D eigenvalue weighted by atomic mass is 32.2. The lowest BCUT2D eigenvalue weighted by atomic mass is 10.2. The van der Waals surface area contributed by atoms with Crippen LogP contribution in [-0.4, -0.2) is 29.1 Å². The Balaban J connectivity index is 1.82. The number of amides is 2. The number of carbonyl (C=O) groups is 2. The van der Waals surface area contributed by atoms with E-state index in [0.29, 0.717) is 0 Å². The van der Waals surface area contributed by atoms with Crippen LogP contribution < -0.4 is 10.6 Å². The van der Waals surface area contributed by atoms with Crippen molar-refractivity contribution in [3.63, 3.8) is 0 Å². The first kappa shape index (κ1) is 19.4. The standard InChI is InChI=1S/C19H22N2O2S2/c1-13-8-10-15(11-9-13)20-18(22)12-25-14(2)19(23)21-16-6-4-5-7-17(16)24-3/h4-11,14H,12H2,1-3H3,(H,20,22)(H,21,23). The Labute approximate surface area is 157 Å². The van der Waals surface area contributed by atoms with Gasteiger partial charge in [0.15, 0.2) is 0 Å². The van der Waals surface area contributed by atoms with Gasteiger partial charge in [0.25, 0.3) is 0 Å². The van der Waals surface area contributed by atoms with Crippen molar-refractivity contribution in [2.45, 2.75) is 24.0 Å². The molecule has 0 fully saturated rings. The van der Waals surface area contributed by atoms with E-state index in [2.05, 4.69) is 10.6 Å². The van der Waals surface area contributed by atoms with Gasteiger partial charge in [-0.1, -0.05) is 29.8 Å². The van der Waals surface area contributed by atoms with Crippen LogP contribution in [0.3, 0.4) is 0 Å². The fourth-order valence-electron chi connectivity index (χ4n) is 2.09. The van der Waals surface area contributed by atoms with Crippen molar-refractivity contribution in [2.75, 3.05) is 22.6 Å². The van der Waals surface area contributed by atoms with Crippen LogP contribution >= 0.6 is 23.5 Å². The molecule has 0 heterocycles. The molecule has 0 aliphatic rings. The molecule has 0 saturated heterocycles. The van der Waals surface area contributed by atoms with E-state index in [1.807, 2.05) is 61.7 Å². The molecule has 4 nitrogen and oxygen atoms in total. The third kappa shape index (κ3) is 6.14. The highest BCUT2D eigenvalue weighted by molar-refractivity contribution is 8.01. The minimum absolute atomic E-state index is 0.102. The van der Waals surface area contributed by atoms with Crippen LogP contribution in [0.25, 0.3) is 0 Å². The monoisotopic (exact) mass is 374 g/mol. The first-order valence-electron chi connectivity index (χ1n) is 7.91. The van der Waals surface area contributed by atoms with Gasteiger partial charge in [-0.2, -0.15) is 0 Å². The summed E-state index contributed by atoms with van der Waals surface area (Å²) < 4.78 is 0. The van der Waals surface area contributed by atoms with Crippen molar-refractivity contribution in [1.82, 2.24) is 0 Å². The van der Waals surface area contributed by atoms with Crippen molar-refractivity contribution in [3.05, 3.63) is 54.1 Å². The van der Waals surface area contributed by atoms with E-state index in [9.17, 15) is 9.59 Å². The fourth-order valence-corrected chi connectivity index (χ4v) is 3.33. The van der Waals surface area contributed by atoms with Gasteiger partial charge in [0, 0.05) is 10.6 Å². The van der Waals surface area contributed by atoms with E-state index in [-0.39, 0.29) is 22.8 Å². The first-order chi connectivity index (χ1) is 12.0. The van der Waals surface area contributed by atoms with Gasteiger partial charge in [0.05, 0.1) is 16.7 Å². The first-order valence-corrected chi connectivity index (χ1v) is 10.2. The normalized spacial score (nSPS) is 11.6. The maximum atomic E-state index is 12.3. The Morgan fingerprint density at radius 2 is 1.72 bits per heavy atom. The number of anilines is 2. The van der Waals surface area contributed by atoms with Crippen LogP contribution in [0.15, 0.2) is 53.4 Å². The van der Waals surface area contributed by atoms with Crippen LogP contribution in [0.5, 0.6) is 0 Å². The van der Waals surface area contributed by atoms with Crippen LogP contribution in [0.2, 0.25) is 0 Å². The minimum atomic E-state index is -0.321. The molecular weight excluding hydrogens is 352 g/mol. The van der Waals surface area contributed by atoms with E-state index in [1.165, 1.54) is 11.8 Å². The average molecular weight is 375 g/mol. The second kappa shape index (κ2) is 9.53. The highest BCUT2D eigenvalue weighted by Crippen LogP contribution is 2.25. The van der Waals surface area contributed by atoms with Gasteiger partial charge in [-0.25, -0.2) is 0 Å². The Morgan fingerprint density at radius 3 is 2.40 bits per heavy atom. The lowest BCUT2D eigenvalue weighted by molar-refractivity contribution is -0.115. The summed E-state index contributed by atoms with van der Waals surface area (Å²) >= 11 is 2.90. The van der Waals surface area contributed by atoms with Crippen LogP contribution in [-0.2, 0) is 9.59 Å². The van der Waals surface area contributed by atoms with E-state index >= 15 is 0 Å². The predicted molar refractivity (Wildman–Crippen MR) is 109 cm³/mol. The lowest BCUT2D eigenvalue weighted by Crippen LogP contribution is -2.25. The van der Waals surface area contributed by atoms with Gasteiger partial charge in [0.1, 0.15) is 0 Å². The summed E-state index contributed by atoms with van der Waals surface area (Å²) in [7, 11) is 0. The number of hydrogen-bond donors (Lipinski definition) is 2. The molecule has 2 N–H and O–H groups in total. The molecule has 0 aliphatic carbocycles. The average Bonchev–Trinajstić information content (AvgIpc) is 2.62. The molecule has 0 saturated carbocycles. The number of rotatable bonds is 7. The maximum absolute atomic E-state index is 12.3. The molecule has 1 unspecified atom stereocenters. The molecule has 2 aromatic rings. The molecule has 2 aromatic carbocycles. The zero-order valence-electron chi connectivity index (χ0n) is 14.5. The molecule has 2 rings (SSSR count). The van der Waals surface area contributed by atoms with E-state index in [1.54, 1.807) is 18.7 Å². The number of nitrogens with one attached hydrogen (secondary N) is 2. The van der Waals surface area contributed by atoms with Crippen molar-refractivity contribution in [1.29, 1.82) is 0 Å². The SMILES string of the molecule is CSc1ccccc1NC(=O)C(C)SCC(=O)Nc1ccc(C)cc1. The summed E-state index contributed by atoms with van der Waals surface area (Å²) in [5.41, 5.74) is 2.71. The summed E-state index contributed by atoms with van der Waals surface area (Å²) in [6.45, 7) is 3.80. The van der Waals surface area contributed by atoms with Crippen molar-refractivity contribution in [2.24, 2.45) is 0 Å². The van der Waals surface area contributed by atoms with Gasteiger partial charge < -0.3 is 10.6 Å². The topological polar surface area (TPSA) is 58.2 Å². The molecule has 0 aliphatic heterocycles. The Morgan fingerprint density at radius 1 is 1.04 bits per heavy atom. The van der Waals surface area contributed by atoms with Gasteiger partial charge >= 0.3 is 0 Å². The van der Waals surface area contributed by atoms with Gasteiger partial charge in [0.2, 0.25) is 11.8 Å². The van der Waals surface area contributed by atoms with Gasteiger partial charge in [-0.15, -0.1) is 23.5 Å². The Bertz CT molecular complexity index is 732. The zero-order valence-corrected chi connectivity index (χ0v) is 16.2. The number of carbonyl (C=O) groups excluding carboxylic acids is 2. The number of hydrogen-bond acceptors (Lipinski definition) is 4. The molecule has 0 aromatic heterocycles. The Hall–Kier alpha value is -1.92. The molecule has 6 heteroatoms. The van der Waals surface area contributed by atoms with E-state index in [4.69, 9.17) is 0 Å². The fraction of sp³-hybridized carbons (Fsp3) is 0.263. The second-order valence-corrected chi connectivity index (χ2v) is 7.73. The van der Waals surface area contributed by atoms with Crippen molar-refractivity contribution >= 4 is 46.7 Å². The third-order valence-corrected chi connectivity index (χ3v) is 5.47. The summed E-state index contributed by atoms with van der Waals surface area (Å²) in [6.07, 6.45) is 1.97. The molecule has 0 spiro atoms. The summed E-state index contributed by atoms with van der Waals surface area (Å²) in [6, 6.07) is 15.3. The molecule has 0 radical (unpaired) electrons. The van der Waals surface area contributed by atoms with E-state index in [0.717, 1.165) is 21.8 Å². The number of aryl methyl sites for hydroxylation is 1. The summed E-state index contributed by atoms with van der Waals surface area (Å²) in [5.74, 6) is 0.0137. The summed E-state index contributed by atoms with van der Waals surface area (Å²) in [4.78, 5) is 25.4. The minimum Gasteiger partial charge on any atom is -0.325 e. The largest absolute Gasteiger partial charge is 0.325 e. The van der Waals surface area contributed by atoms with Crippen LogP contribution in [0.1, 0.15) is 12.5 Å². The van der Waals surface area contributed by atoms with Crippen LogP contribution in [0.4, 0.5) is 11.4 Å². The highest BCUT2D eigenvalue weighted by Gasteiger charge is 2.16. The van der Waals surface area contributed by atoms with Crippen molar-refractivity contribution in [3.8, 4) is 0 Å². The third-order valence-electron chi connectivity index (χ3n) is 3.53. The molecule has 132 valence electrons. The molecule has 0 bridgehead atoms. The second-order valence-electron chi connectivity index (χ2n) is 5.56. The lowest BCUT2D eigenvalue weighted by Gasteiger charge is -2.14. The number of benzene rings is 2. The summed E-state index contributed by atoms with van der Waals surface area (Å²) in [5, 5.41) is 5.44. The van der Waals surface area contributed by atoms with E-state index < -0.39 is 0 Å². The zero-order chi connectivity index (χ0) is 18.2. The molecule has 1 atom stereocenters. The van der Waals surface area contributed by atoms with Gasteiger partial charge in [-0.3, -0.25) is 9.59 Å². The Kier molecular flexibility index (Phi) is 7.40. The maximum Gasteiger partial charge on any atom is 0.237 e. The quantitative estimate of drug-likeness (QED) is 0.705. The smallest absolute Gasteiger partial charge is 0.237 e. The predicted octanol–water partition coefficient (Wildman–Crippen LogP) is 4.42. The van der Waals surface area contributed by atoms with Gasteiger partial charge in [-0.05, 0) is 44.4 Å². The molecule has 2 amide bonds. The molecular formula is C19H22N2O2S2.